The largest absolute Gasteiger partial charge is 0.370 e. The molecule has 27 heavy (non-hydrogen) atoms. The molecular weight excluding hydrogens is 392 g/mol. The third-order valence-corrected chi connectivity index (χ3v) is 5.29. The lowest BCUT2D eigenvalue weighted by Crippen LogP contribution is -2.43. The molecule has 0 bridgehead atoms. The number of H-pyrrole nitrogens is 1. The van der Waals surface area contributed by atoms with E-state index < -0.39 is 11.9 Å². The van der Waals surface area contributed by atoms with Crippen LogP contribution in [0, 0.1) is 5.82 Å². The van der Waals surface area contributed by atoms with Gasteiger partial charge >= 0.3 is 0 Å². The number of hydrogen-bond donors (Lipinski definition) is 1. The van der Waals surface area contributed by atoms with Crippen molar-refractivity contribution in [1.29, 1.82) is 0 Å². The van der Waals surface area contributed by atoms with Gasteiger partial charge in [0.1, 0.15) is 11.9 Å². The van der Waals surface area contributed by atoms with E-state index in [0.717, 1.165) is 16.6 Å². The summed E-state index contributed by atoms with van der Waals surface area (Å²) < 4.78 is 19.5. The number of para-hydroxylation sites is 1. The summed E-state index contributed by atoms with van der Waals surface area (Å²) in [6, 6.07) is 10.3. The number of benzene rings is 2. The van der Waals surface area contributed by atoms with Crippen LogP contribution < -0.4 is 0 Å². The highest BCUT2D eigenvalue weighted by Gasteiger charge is 2.28. The number of aromatic nitrogens is 2. The number of halogens is 3. The molecule has 1 atom stereocenters. The number of hydrogen-bond acceptors (Lipinski definition) is 3. The van der Waals surface area contributed by atoms with Crippen molar-refractivity contribution in [1.82, 2.24) is 15.1 Å². The maximum atomic E-state index is 13.8. The fourth-order valence-corrected chi connectivity index (χ4v) is 3.77. The van der Waals surface area contributed by atoms with Crippen molar-refractivity contribution in [2.24, 2.45) is 0 Å². The summed E-state index contributed by atoms with van der Waals surface area (Å²) >= 11 is 12.0. The molecule has 0 spiro atoms. The smallest absolute Gasteiger partial charge is 0.228 e. The SMILES string of the molecule is O=C(Cc1[nH]nc2ccccc12)N1CCO[C@H](c2cc(F)c(Cl)cc2Cl)C1. The van der Waals surface area contributed by atoms with Crippen LogP contribution in [0.4, 0.5) is 4.39 Å². The van der Waals surface area contributed by atoms with Gasteiger partial charge in [-0.25, -0.2) is 4.39 Å². The van der Waals surface area contributed by atoms with Crippen LogP contribution in [-0.4, -0.2) is 40.7 Å². The molecule has 1 fully saturated rings. The summed E-state index contributed by atoms with van der Waals surface area (Å²) in [7, 11) is 0. The summed E-state index contributed by atoms with van der Waals surface area (Å²) in [5.74, 6) is -0.615. The Kier molecular flexibility index (Phi) is 5.04. The van der Waals surface area contributed by atoms with E-state index in [1.165, 1.54) is 12.1 Å². The van der Waals surface area contributed by atoms with Gasteiger partial charge in [-0.05, 0) is 18.2 Å². The zero-order valence-corrected chi connectivity index (χ0v) is 15.7. The highest BCUT2D eigenvalue weighted by atomic mass is 35.5. The number of rotatable bonds is 3. The van der Waals surface area contributed by atoms with Gasteiger partial charge in [0.25, 0.3) is 0 Å². The molecular formula is C19H16Cl2FN3O2. The molecule has 2 aromatic carbocycles. The van der Waals surface area contributed by atoms with Crippen molar-refractivity contribution in [2.45, 2.75) is 12.5 Å². The number of ether oxygens (including phenoxy) is 1. The molecule has 1 aliphatic rings. The number of carbonyl (C=O) groups is 1. The summed E-state index contributed by atoms with van der Waals surface area (Å²) in [6.45, 7) is 1.11. The predicted octanol–water partition coefficient (Wildman–Crippen LogP) is 4.15. The Bertz CT molecular complexity index is 1010. The highest BCUT2D eigenvalue weighted by molar-refractivity contribution is 6.35. The standard InChI is InChI=1S/C19H16Cl2FN3O2/c20-13-8-14(21)15(22)7-12(13)18-10-25(5-6-27-18)19(26)9-17-11-3-1-2-4-16(11)23-24-17/h1-4,7-8,18H,5-6,9-10H2,(H,23,24)/t18-/m0/s1. The van der Waals surface area contributed by atoms with E-state index >= 15 is 0 Å². The number of morpholine rings is 1. The first-order chi connectivity index (χ1) is 13.0. The van der Waals surface area contributed by atoms with Crippen LogP contribution in [0.15, 0.2) is 36.4 Å². The average molecular weight is 408 g/mol. The van der Waals surface area contributed by atoms with Crippen molar-refractivity contribution < 1.29 is 13.9 Å². The van der Waals surface area contributed by atoms with Gasteiger partial charge in [0.05, 0.1) is 35.8 Å². The Morgan fingerprint density at radius 2 is 2.11 bits per heavy atom. The van der Waals surface area contributed by atoms with Crippen molar-refractivity contribution in [3.63, 3.8) is 0 Å². The molecule has 1 amide bonds. The molecule has 4 rings (SSSR count). The van der Waals surface area contributed by atoms with E-state index in [9.17, 15) is 9.18 Å². The Morgan fingerprint density at radius 1 is 1.30 bits per heavy atom. The molecule has 3 aromatic rings. The minimum atomic E-state index is -0.563. The van der Waals surface area contributed by atoms with E-state index in [-0.39, 0.29) is 17.4 Å². The maximum absolute atomic E-state index is 13.8. The number of nitrogens with zero attached hydrogens (tertiary/aromatic N) is 2. The van der Waals surface area contributed by atoms with Gasteiger partial charge in [0.15, 0.2) is 0 Å². The molecule has 1 saturated heterocycles. The molecule has 0 unspecified atom stereocenters. The van der Waals surface area contributed by atoms with Gasteiger partial charge in [0, 0.05) is 22.5 Å². The van der Waals surface area contributed by atoms with Gasteiger partial charge in [0.2, 0.25) is 5.91 Å². The first-order valence-electron chi connectivity index (χ1n) is 8.48. The Balaban J connectivity index is 1.51. The van der Waals surface area contributed by atoms with Crippen LogP contribution >= 0.6 is 23.2 Å². The minimum absolute atomic E-state index is 0.0429. The predicted molar refractivity (Wildman–Crippen MR) is 101 cm³/mol. The lowest BCUT2D eigenvalue weighted by Gasteiger charge is -2.33. The van der Waals surface area contributed by atoms with Crippen molar-refractivity contribution >= 4 is 40.0 Å². The molecule has 2 heterocycles. The lowest BCUT2D eigenvalue weighted by atomic mass is 10.1. The number of fused-ring (bicyclic) bond motifs is 1. The number of nitrogens with one attached hydrogen (secondary N) is 1. The average Bonchev–Trinajstić information content (AvgIpc) is 3.08. The van der Waals surface area contributed by atoms with Crippen LogP contribution in [0.1, 0.15) is 17.4 Å². The van der Waals surface area contributed by atoms with Crippen LogP contribution in [0.2, 0.25) is 10.0 Å². The number of amides is 1. The molecule has 1 N–H and O–H groups in total. The second kappa shape index (κ2) is 7.46. The molecule has 1 aromatic heterocycles. The van der Waals surface area contributed by atoms with E-state index in [1.807, 2.05) is 24.3 Å². The van der Waals surface area contributed by atoms with Crippen LogP contribution in [-0.2, 0) is 16.0 Å². The fourth-order valence-electron chi connectivity index (χ4n) is 3.26. The van der Waals surface area contributed by atoms with Gasteiger partial charge in [-0.15, -0.1) is 0 Å². The van der Waals surface area contributed by atoms with E-state index in [4.69, 9.17) is 27.9 Å². The zero-order chi connectivity index (χ0) is 19.0. The second-order valence-electron chi connectivity index (χ2n) is 6.38. The number of carbonyl (C=O) groups excluding carboxylic acids is 1. The summed E-state index contributed by atoms with van der Waals surface area (Å²) in [5.41, 5.74) is 2.08. The Labute approximate surface area is 165 Å². The molecule has 0 saturated carbocycles. The maximum Gasteiger partial charge on any atom is 0.228 e. The third-order valence-electron chi connectivity index (χ3n) is 4.67. The molecule has 140 valence electrons. The summed E-state index contributed by atoms with van der Waals surface area (Å²) in [5, 5.41) is 8.36. The van der Waals surface area contributed by atoms with Crippen LogP contribution in [0.3, 0.4) is 0 Å². The summed E-state index contributed by atoms with van der Waals surface area (Å²) in [4.78, 5) is 14.5. The van der Waals surface area contributed by atoms with Gasteiger partial charge < -0.3 is 9.64 Å². The molecule has 0 radical (unpaired) electrons. The van der Waals surface area contributed by atoms with Gasteiger partial charge in [-0.1, -0.05) is 41.4 Å². The first-order valence-corrected chi connectivity index (χ1v) is 9.24. The molecule has 5 nitrogen and oxygen atoms in total. The van der Waals surface area contributed by atoms with Crippen LogP contribution in [0.5, 0.6) is 0 Å². The first kappa shape index (κ1) is 18.2. The van der Waals surface area contributed by atoms with Crippen molar-refractivity contribution in [2.75, 3.05) is 19.7 Å². The lowest BCUT2D eigenvalue weighted by molar-refractivity contribution is -0.138. The molecule has 1 aliphatic heterocycles. The van der Waals surface area contributed by atoms with Crippen molar-refractivity contribution in [3.8, 4) is 0 Å². The molecule has 8 heteroatoms. The third kappa shape index (κ3) is 3.65. The molecule has 0 aliphatic carbocycles. The number of aromatic amines is 1. The van der Waals surface area contributed by atoms with Crippen LogP contribution in [0.25, 0.3) is 10.9 Å². The monoisotopic (exact) mass is 407 g/mol. The topological polar surface area (TPSA) is 58.2 Å². The minimum Gasteiger partial charge on any atom is -0.370 e. The van der Waals surface area contributed by atoms with E-state index in [0.29, 0.717) is 30.3 Å². The Hall–Kier alpha value is -2.15. The summed E-state index contributed by atoms with van der Waals surface area (Å²) in [6.07, 6.45) is -0.295. The Morgan fingerprint density at radius 3 is 2.96 bits per heavy atom. The highest BCUT2D eigenvalue weighted by Crippen LogP contribution is 2.32. The van der Waals surface area contributed by atoms with Crippen molar-refractivity contribution in [3.05, 3.63) is 63.5 Å². The van der Waals surface area contributed by atoms with Gasteiger partial charge in [-0.2, -0.15) is 5.10 Å². The second-order valence-corrected chi connectivity index (χ2v) is 7.20. The normalized spacial score (nSPS) is 17.4. The quantitative estimate of drug-likeness (QED) is 0.663. The fraction of sp³-hybridized carbons (Fsp3) is 0.263. The van der Waals surface area contributed by atoms with Gasteiger partial charge in [-0.3, -0.25) is 9.89 Å². The van der Waals surface area contributed by atoms with E-state index in [1.54, 1.807) is 4.90 Å². The zero-order valence-electron chi connectivity index (χ0n) is 14.2. The van der Waals surface area contributed by atoms with E-state index in [2.05, 4.69) is 10.2 Å².